The van der Waals surface area contributed by atoms with Gasteiger partial charge in [-0.15, -0.1) is 0 Å². The fourth-order valence-electron chi connectivity index (χ4n) is 3.50. The quantitative estimate of drug-likeness (QED) is 0.660. The number of rotatable bonds is 4. The number of carbonyl (C=O) groups is 2. The maximum Gasteiger partial charge on any atom is 0.252 e. The summed E-state index contributed by atoms with van der Waals surface area (Å²) in [5.74, 6) is -0.180. The Kier molecular flexibility index (Phi) is 5.63. The molecule has 0 saturated carbocycles. The Morgan fingerprint density at radius 2 is 2.04 bits per heavy atom. The fourth-order valence-corrected chi connectivity index (χ4v) is 4.25. The van der Waals surface area contributed by atoms with Crippen LogP contribution in [0.2, 0.25) is 5.02 Å². The molecule has 3 rings (SSSR count). The smallest absolute Gasteiger partial charge is 0.252 e. The summed E-state index contributed by atoms with van der Waals surface area (Å²) in [6.45, 7) is 8.19. The molecular weight excluding hydrogens is 428 g/mol. The molecule has 0 fully saturated rings. The number of amides is 1. The first-order valence-electron chi connectivity index (χ1n) is 8.87. The molecule has 0 atom stereocenters. The van der Waals surface area contributed by atoms with E-state index in [4.69, 9.17) is 11.6 Å². The lowest BCUT2D eigenvalue weighted by Gasteiger charge is -2.16. The topological polar surface area (TPSA) is 51.1 Å². The number of Topliss-reactive ketones (excluding diaryl/α,β-unsaturated/α-hetero) is 1. The van der Waals surface area contributed by atoms with Gasteiger partial charge in [-0.25, -0.2) is 0 Å². The Hall–Kier alpha value is -1.85. The van der Waals surface area contributed by atoms with Gasteiger partial charge in [0.15, 0.2) is 5.78 Å². The summed E-state index contributed by atoms with van der Waals surface area (Å²) >= 11 is 9.94. The molecular formula is C21H22BrClN2O2. The second-order valence-corrected chi connectivity index (χ2v) is 8.58. The lowest BCUT2D eigenvalue weighted by atomic mass is 9.92. The number of halogens is 2. The second kappa shape index (κ2) is 7.64. The first-order valence-corrected chi connectivity index (χ1v) is 10.0. The van der Waals surface area contributed by atoms with E-state index in [9.17, 15) is 9.59 Å². The minimum Gasteiger partial charge on any atom is -0.348 e. The molecule has 1 aromatic carbocycles. The molecule has 2 aromatic rings. The number of hydrogen-bond acceptors (Lipinski definition) is 2. The first-order chi connectivity index (χ1) is 12.7. The SMILES string of the molecule is CC1=CC(C)=C(CNC(=O)c2cc(Br)cc3c2c(Cl)cn3C(C)C)C(=O)C1. The molecule has 1 heterocycles. The molecule has 1 amide bonds. The van der Waals surface area contributed by atoms with Crippen molar-refractivity contribution >= 4 is 50.1 Å². The van der Waals surface area contributed by atoms with Crippen LogP contribution in [0.4, 0.5) is 0 Å². The van der Waals surface area contributed by atoms with Gasteiger partial charge in [0.2, 0.25) is 0 Å². The standard InChI is InChI=1S/C21H22BrClN2O2/c1-11(2)25-10-17(23)20-15(7-14(22)8-18(20)25)21(27)24-9-16-13(4)5-12(3)6-19(16)26/h5,7-8,10-11H,6,9H2,1-4H3,(H,24,27). The molecule has 1 aromatic heterocycles. The van der Waals surface area contributed by atoms with Crippen LogP contribution in [0.25, 0.3) is 10.9 Å². The molecule has 1 aliphatic rings. The Morgan fingerprint density at radius 3 is 2.67 bits per heavy atom. The molecule has 1 aliphatic carbocycles. The predicted octanol–water partition coefficient (Wildman–Crippen LogP) is 5.60. The van der Waals surface area contributed by atoms with Gasteiger partial charge in [-0.05, 0) is 45.4 Å². The number of allylic oxidation sites excluding steroid dienone is 3. The van der Waals surface area contributed by atoms with Crippen LogP contribution in [-0.2, 0) is 4.79 Å². The van der Waals surface area contributed by atoms with Crippen molar-refractivity contribution in [3.8, 4) is 0 Å². The number of ketones is 1. The maximum absolute atomic E-state index is 12.9. The highest BCUT2D eigenvalue weighted by Crippen LogP contribution is 2.34. The summed E-state index contributed by atoms with van der Waals surface area (Å²) < 4.78 is 2.85. The van der Waals surface area contributed by atoms with E-state index in [0.29, 0.717) is 22.6 Å². The normalized spacial score (nSPS) is 14.9. The number of fused-ring (bicyclic) bond motifs is 1. The van der Waals surface area contributed by atoms with Crippen molar-refractivity contribution in [1.29, 1.82) is 0 Å². The van der Waals surface area contributed by atoms with Crippen LogP contribution in [0.3, 0.4) is 0 Å². The first kappa shape index (κ1) is 19.9. The summed E-state index contributed by atoms with van der Waals surface area (Å²) in [4.78, 5) is 25.2. The zero-order valence-electron chi connectivity index (χ0n) is 15.8. The van der Waals surface area contributed by atoms with Crippen molar-refractivity contribution in [3.63, 3.8) is 0 Å². The number of carbonyl (C=O) groups excluding carboxylic acids is 2. The zero-order chi connectivity index (χ0) is 19.9. The molecule has 6 heteroatoms. The summed E-state index contributed by atoms with van der Waals surface area (Å²) in [7, 11) is 0. The molecule has 0 radical (unpaired) electrons. The lowest BCUT2D eigenvalue weighted by molar-refractivity contribution is -0.115. The van der Waals surface area contributed by atoms with Gasteiger partial charge in [-0.3, -0.25) is 9.59 Å². The minimum absolute atomic E-state index is 0.0659. The molecule has 4 nitrogen and oxygen atoms in total. The van der Waals surface area contributed by atoms with Crippen molar-refractivity contribution in [2.75, 3.05) is 6.54 Å². The van der Waals surface area contributed by atoms with E-state index in [-0.39, 0.29) is 24.3 Å². The monoisotopic (exact) mass is 448 g/mol. The van der Waals surface area contributed by atoms with Gasteiger partial charge in [0.25, 0.3) is 5.91 Å². The average molecular weight is 450 g/mol. The van der Waals surface area contributed by atoms with E-state index >= 15 is 0 Å². The van der Waals surface area contributed by atoms with E-state index < -0.39 is 0 Å². The van der Waals surface area contributed by atoms with Gasteiger partial charge in [0.05, 0.1) is 16.1 Å². The zero-order valence-corrected chi connectivity index (χ0v) is 18.2. The Labute approximate surface area is 172 Å². The van der Waals surface area contributed by atoms with Crippen molar-refractivity contribution in [3.05, 3.63) is 56.2 Å². The number of hydrogen-bond donors (Lipinski definition) is 1. The number of nitrogens with zero attached hydrogens (tertiary/aromatic N) is 1. The third-order valence-electron chi connectivity index (χ3n) is 4.79. The van der Waals surface area contributed by atoms with Crippen molar-refractivity contribution < 1.29 is 9.59 Å². The molecule has 142 valence electrons. The highest BCUT2D eigenvalue weighted by Gasteiger charge is 2.21. The summed E-state index contributed by atoms with van der Waals surface area (Å²) in [5, 5.41) is 4.16. The van der Waals surface area contributed by atoms with E-state index in [0.717, 1.165) is 26.5 Å². The maximum atomic E-state index is 12.9. The van der Waals surface area contributed by atoms with Gasteiger partial charge >= 0.3 is 0 Å². The van der Waals surface area contributed by atoms with Crippen LogP contribution in [0.15, 0.2) is 45.6 Å². The minimum atomic E-state index is -0.246. The van der Waals surface area contributed by atoms with Gasteiger partial charge < -0.3 is 9.88 Å². The highest BCUT2D eigenvalue weighted by molar-refractivity contribution is 9.10. The van der Waals surface area contributed by atoms with Gasteiger partial charge in [-0.2, -0.15) is 0 Å². The van der Waals surface area contributed by atoms with Crippen molar-refractivity contribution in [2.24, 2.45) is 0 Å². The second-order valence-electron chi connectivity index (χ2n) is 7.26. The molecule has 0 spiro atoms. The van der Waals surface area contributed by atoms with Gasteiger partial charge in [0.1, 0.15) is 0 Å². The summed E-state index contributed by atoms with van der Waals surface area (Å²) in [5.41, 5.74) is 4.01. The average Bonchev–Trinajstić information content (AvgIpc) is 2.89. The highest BCUT2D eigenvalue weighted by atomic mass is 79.9. The summed E-state index contributed by atoms with van der Waals surface area (Å²) in [6, 6.07) is 3.94. The fraction of sp³-hybridized carbons (Fsp3) is 0.333. The van der Waals surface area contributed by atoms with Crippen LogP contribution in [0.5, 0.6) is 0 Å². The van der Waals surface area contributed by atoms with Gasteiger partial charge in [-0.1, -0.05) is 39.2 Å². The van der Waals surface area contributed by atoms with Gasteiger partial charge in [0, 0.05) is 40.6 Å². The van der Waals surface area contributed by atoms with Crippen LogP contribution >= 0.6 is 27.5 Å². The molecule has 0 bridgehead atoms. The van der Waals surface area contributed by atoms with E-state index in [1.165, 1.54) is 0 Å². The van der Waals surface area contributed by atoms with Crippen LogP contribution in [0, 0.1) is 0 Å². The van der Waals surface area contributed by atoms with Crippen molar-refractivity contribution in [1.82, 2.24) is 9.88 Å². The third kappa shape index (κ3) is 3.90. The predicted molar refractivity (Wildman–Crippen MR) is 113 cm³/mol. The van der Waals surface area contributed by atoms with Crippen LogP contribution in [-0.4, -0.2) is 22.8 Å². The molecule has 0 aliphatic heterocycles. The molecule has 1 N–H and O–H groups in total. The number of nitrogens with one attached hydrogen (secondary N) is 1. The van der Waals surface area contributed by atoms with Crippen LogP contribution in [0.1, 0.15) is 50.5 Å². The molecule has 27 heavy (non-hydrogen) atoms. The summed E-state index contributed by atoms with van der Waals surface area (Å²) in [6.07, 6.45) is 4.26. The Balaban J connectivity index is 1.95. The number of benzene rings is 1. The lowest BCUT2D eigenvalue weighted by Crippen LogP contribution is -2.29. The van der Waals surface area contributed by atoms with E-state index in [2.05, 4.69) is 35.1 Å². The van der Waals surface area contributed by atoms with Crippen molar-refractivity contribution in [2.45, 2.75) is 40.2 Å². The van der Waals surface area contributed by atoms with E-state index in [1.54, 1.807) is 6.07 Å². The Bertz CT molecular complexity index is 1010. The van der Waals surface area contributed by atoms with Crippen LogP contribution < -0.4 is 5.32 Å². The Morgan fingerprint density at radius 1 is 1.33 bits per heavy atom. The molecule has 0 saturated heterocycles. The molecule has 0 unspecified atom stereocenters. The largest absolute Gasteiger partial charge is 0.348 e. The third-order valence-corrected chi connectivity index (χ3v) is 5.54. The van der Waals surface area contributed by atoms with E-state index in [1.807, 2.05) is 36.8 Å². The number of aromatic nitrogens is 1.